The molecular formula is C22H23N3O3S. The Kier molecular flexibility index (Phi) is 5.34. The summed E-state index contributed by atoms with van der Waals surface area (Å²) in [5.74, 6) is 0.121. The third-order valence-electron chi connectivity index (χ3n) is 5.31. The molecule has 0 bridgehead atoms. The van der Waals surface area contributed by atoms with E-state index in [2.05, 4.69) is 10.3 Å². The van der Waals surface area contributed by atoms with Gasteiger partial charge in [-0.05, 0) is 62.2 Å². The molecule has 2 aromatic carbocycles. The minimum atomic E-state index is -3.55. The number of hydrogen-bond donors (Lipinski definition) is 1. The predicted octanol–water partition coefficient (Wildman–Crippen LogP) is 4.05. The molecule has 1 fully saturated rings. The summed E-state index contributed by atoms with van der Waals surface area (Å²) >= 11 is 0. The number of nitrogens with one attached hydrogen (secondary N) is 1. The second-order valence-electron chi connectivity index (χ2n) is 7.33. The molecule has 2 heterocycles. The number of aromatic nitrogens is 1. The molecule has 3 aromatic rings. The van der Waals surface area contributed by atoms with E-state index in [1.165, 1.54) is 24.3 Å². The van der Waals surface area contributed by atoms with Gasteiger partial charge in [0.15, 0.2) is 0 Å². The Balaban J connectivity index is 1.51. The maximum atomic E-state index is 12.9. The number of piperidine rings is 1. The van der Waals surface area contributed by atoms with E-state index in [0.29, 0.717) is 17.9 Å². The van der Waals surface area contributed by atoms with Crippen LogP contribution in [0.4, 0.5) is 5.82 Å². The Morgan fingerprint density at radius 2 is 1.79 bits per heavy atom. The molecule has 7 heteroatoms. The van der Waals surface area contributed by atoms with Gasteiger partial charge in [0, 0.05) is 23.5 Å². The number of para-hydroxylation sites is 1. The highest BCUT2D eigenvalue weighted by atomic mass is 32.2. The summed E-state index contributed by atoms with van der Waals surface area (Å²) in [6.45, 7) is 2.48. The van der Waals surface area contributed by atoms with Crippen LogP contribution in [0.25, 0.3) is 10.9 Å². The highest BCUT2D eigenvalue weighted by Gasteiger charge is 2.30. The van der Waals surface area contributed by atoms with Crippen LogP contribution in [0.5, 0.6) is 0 Å². The van der Waals surface area contributed by atoms with Crippen molar-refractivity contribution in [2.75, 3.05) is 11.9 Å². The van der Waals surface area contributed by atoms with Crippen LogP contribution in [0.2, 0.25) is 0 Å². The molecule has 1 amide bonds. The summed E-state index contributed by atoms with van der Waals surface area (Å²) in [4.78, 5) is 17.2. The highest BCUT2D eigenvalue weighted by molar-refractivity contribution is 7.89. The lowest BCUT2D eigenvalue weighted by Crippen LogP contribution is -2.41. The van der Waals surface area contributed by atoms with Crippen molar-refractivity contribution in [1.29, 1.82) is 0 Å². The molecule has 0 spiro atoms. The van der Waals surface area contributed by atoms with Gasteiger partial charge in [0.05, 0.1) is 10.4 Å². The summed E-state index contributed by atoms with van der Waals surface area (Å²) < 4.78 is 27.4. The maximum Gasteiger partial charge on any atom is 0.256 e. The van der Waals surface area contributed by atoms with Gasteiger partial charge in [0.2, 0.25) is 10.0 Å². The fourth-order valence-electron chi connectivity index (χ4n) is 3.67. The highest BCUT2D eigenvalue weighted by Crippen LogP contribution is 2.25. The van der Waals surface area contributed by atoms with E-state index in [1.54, 1.807) is 10.4 Å². The van der Waals surface area contributed by atoms with E-state index in [4.69, 9.17) is 0 Å². The van der Waals surface area contributed by atoms with Crippen molar-refractivity contribution in [1.82, 2.24) is 9.29 Å². The minimum absolute atomic E-state index is 0.00398. The van der Waals surface area contributed by atoms with Crippen molar-refractivity contribution in [3.8, 4) is 0 Å². The first kappa shape index (κ1) is 19.5. The smallest absolute Gasteiger partial charge is 0.256 e. The summed E-state index contributed by atoms with van der Waals surface area (Å²) in [5, 5.41) is 3.76. The number of carbonyl (C=O) groups is 1. The molecule has 29 heavy (non-hydrogen) atoms. The van der Waals surface area contributed by atoms with Crippen molar-refractivity contribution in [3.05, 3.63) is 66.2 Å². The first-order valence-electron chi connectivity index (χ1n) is 9.74. The number of hydrogen-bond acceptors (Lipinski definition) is 4. The van der Waals surface area contributed by atoms with Gasteiger partial charge in [-0.3, -0.25) is 4.79 Å². The summed E-state index contributed by atoms with van der Waals surface area (Å²) in [6, 6.07) is 17.4. The molecule has 0 aliphatic carbocycles. The van der Waals surface area contributed by atoms with Crippen LogP contribution in [0, 0.1) is 0 Å². The van der Waals surface area contributed by atoms with Crippen LogP contribution in [0.1, 0.15) is 36.5 Å². The minimum Gasteiger partial charge on any atom is -0.307 e. The Hall–Kier alpha value is -2.77. The number of amides is 1. The van der Waals surface area contributed by atoms with E-state index >= 15 is 0 Å². The normalized spacial score (nSPS) is 17.9. The quantitative estimate of drug-likeness (QED) is 0.705. The monoisotopic (exact) mass is 409 g/mol. The number of nitrogens with zero attached hydrogens (tertiary/aromatic N) is 2. The van der Waals surface area contributed by atoms with Crippen LogP contribution in [-0.2, 0) is 10.0 Å². The molecular weight excluding hydrogens is 386 g/mol. The van der Waals surface area contributed by atoms with Gasteiger partial charge >= 0.3 is 0 Å². The van der Waals surface area contributed by atoms with Gasteiger partial charge in [-0.1, -0.05) is 24.6 Å². The maximum absolute atomic E-state index is 12.9. The van der Waals surface area contributed by atoms with Gasteiger partial charge in [-0.15, -0.1) is 0 Å². The van der Waals surface area contributed by atoms with Crippen LogP contribution in [0.3, 0.4) is 0 Å². The van der Waals surface area contributed by atoms with Crippen molar-refractivity contribution < 1.29 is 13.2 Å². The lowest BCUT2D eigenvalue weighted by Gasteiger charge is -2.32. The fraction of sp³-hybridized carbons (Fsp3) is 0.273. The standard InChI is InChI=1S/C22H23N3O3S/c1-16-6-4-5-15-25(16)29(27,28)19-12-9-18(10-13-19)22(26)24-21-14-11-17-7-2-3-8-20(17)23-21/h2-3,7-14,16H,4-6,15H2,1H3,(H,23,24,26)/t16-/m0/s1. The Labute approximate surface area is 170 Å². The molecule has 1 saturated heterocycles. The molecule has 0 radical (unpaired) electrons. The lowest BCUT2D eigenvalue weighted by molar-refractivity contribution is 0.102. The van der Waals surface area contributed by atoms with Crippen molar-refractivity contribution in [2.45, 2.75) is 37.1 Å². The number of anilines is 1. The van der Waals surface area contributed by atoms with Crippen molar-refractivity contribution in [3.63, 3.8) is 0 Å². The fourth-order valence-corrected chi connectivity index (χ4v) is 5.37. The molecule has 150 valence electrons. The molecule has 1 aliphatic rings. The molecule has 1 aromatic heterocycles. The number of sulfonamides is 1. The van der Waals surface area contributed by atoms with Crippen molar-refractivity contribution in [2.24, 2.45) is 0 Å². The average Bonchev–Trinajstić information content (AvgIpc) is 2.74. The number of pyridine rings is 1. The topological polar surface area (TPSA) is 79.4 Å². The van der Waals surface area contributed by atoms with E-state index in [1.807, 2.05) is 37.3 Å². The molecule has 0 unspecified atom stereocenters. The average molecular weight is 410 g/mol. The van der Waals surface area contributed by atoms with Crippen LogP contribution in [-0.4, -0.2) is 36.2 Å². The van der Waals surface area contributed by atoms with E-state index in [0.717, 1.165) is 30.2 Å². The summed E-state index contributed by atoms with van der Waals surface area (Å²) in [5.41, 5.74) is 1.17. The van der Waals surface area contributed by atoms with Gasteiger partial charge in [0.1, 0.15) is 5.82 Å². The van der Waals surface area contributed by atoms with Crippen LogP contribution in [0.15, 0.2) is 65.6 Å². The van der Waals surface area contributed by atoms with E-state index in [-0.39, 0.29) is 16.8 Å². The first-order valence-corrected chi connectivity index (χ1v) is 11.2. The van der Waals surface area contributed by atoms with Gasteiger partial charge in [-0.25, -0.2) is 13.4 Å². The molecule has 0 saturated carbocycles. The number of rotatable bonds is 4. The Morgan fingerprint density at radius 1 is 1.03 bits per heavy atom. The van der Waals surface area contributed by atoms with Crippen LogP contribution >= 0.6 is 0 Å². The number of benzene rings is 2. The third kappa shape index (κ3) is 4.02. The Bertz CT molecular complexity index is 1140. The molecule has 1 aliphatic heterocycles. The third-order valence-corrected chi connectivity index (χ3v) is 7.33. The SMILES string of the molecule is C[C@H]1CCCCN1S(=O)(=O)c1ccc(C(=O)Nc2ccc3ccccc3n2)cc1. The predicted molar refractivity (Wildman–Crippen MR) is 113 cm³/mol. The van der Waals surface area contributed by atoms with Gasteiger partial charge < -0.3 is 5.32 Å². The molecule has 1 atom stereocenters. The van der Waals surface area contributed by atoms with Crippen LogP contribution < -0.4 is 5.32 Å². The van der Waals surface area contributed by atoms with E-state index < -0.39 is 10.0 Å². The number of carbonyl (C=O) groups excluding carboxylic acids is 1. The van der Waals surface area contributed by atoms with Crippen molar-refractivity contribution >= 4 is 32.7 Å². The largest absolute Gasteiger partial charge is 0.307 e. The zero-order valence-electron chi connectivity index (χ0n) is 16.2. The molecule has 1 N–H and O–H groups in total. The zero-order valence-corrected chi connectivity index (χ0v) is 17.0. The zero-order chi connectivity index (χ0) is 20.4. The lowest BCUT2D eigenvalue weighted by atomic mass is 10.1. The molecule has 6 nitrogen and oxygen atoms in total. The molecule has 4 rings (SSSR count). The van der Waals surface area contributed by atoms with E-state index in [9.17, 15) is 13.2 Å². The summed E-state index contributed by atoms with van der Waals surface area (Å²) in [7, 11) is -3.55. The second-order valence-corrected chi connectivity index (χ2v) is 9.22. The first-order chi connectivity index (χ1) is 13.9. The number of fused-ring (bicyclic) bond motifs is 1. The second kappa shape index (κ2) is 7.93. The van der Waals surface area contributed by atoms with Gasteiger partial charge in [0.25, 0.3) is 5.91 Å². The summed E-state index contributed by atoms with van der Waals surface area (Å²) in [6.07, 6.45) is 2.80. The Morgan fingerprint density at radius 3 is 2.55 bits per heavy atom. The van der Waals surface area contributed by atoms with Gasteiger partial charge in [-0.2, -0.15) is 4.31 Å².